The third-order valence-corrected chi connectivity index (χ3v) is 4.39. The summed E-state index contributed by atoms with van der Waals surface area (Å²) in [7, 11) is 0. The monoisotopic (exact) mass is 300 g/mol. The summed E-state index contributed by atoms with van der Waals surface area (Å²) in [6.07, 6.45) is 0.689. The van der Waals surface area contributed by atoms with E-state index in [1.165, 1.54) is 16.7 Å². The summed E-state index contributed by atoms with van der Waals surface area (Å²) in [5, 5.41) is 13.4. The van der Waals surface area contributed by atoms with Crippen molar-refractivity contribution in [1.29, 1.82) is 0 Å². The van der Waals surface area contributed by atoms with Gasteiger partial charge in [0.15, 0.2) is 16.6 Å². The van der Waals surface area contributed by atoms with Crippen molar-refractivity contribution in [2.24, 2.45) is 0 Å². The standard InChI is InChI=1S/C16H17ClN4/c1-9-5-6-13(7-10(9)2)8-14-18-19-16-12(4)11(3)15(17)20-21(14)16/h5-7H,8H2,1-4H3. The van der Waals surface area contributed by atoms with E-state index in [-0.39, 0.29) is 0 Å². The van der Waals surface area contributed by atoms with Gasteiger partial charge in [0, 0.05) is 12.0 Å². The second-order valence-corrected chi connectivity index (χ2v) is 5.85. The predicted octanol–water partition coefficient (Wildman–Crippen LogP) is 3.60. The minimum absolute atomic E-state index is 0.501. The number of aryl methyl sites for hydroxylation is 3. The molecule has 0 spiro atoms. The Morgan fingerprint density at radius 2 is 1.76 bits per heavy atom. The van der Waals surface area contributed by atoms with Gasteiger partial charge >= 0.3 is 0 Å². The Balaban J connectivity index is 2.07. The Hall–Kier alpha value is -1.94. The van der Waals surface area contributed by atoms with E-state index in [1.54, 1.807) is 4.52 Å². The third-order valence-electron chi connectivity index (χ3n) is 4.03. The number of hydrogen-bond donors (Lipinski definition) is 0. The zero-order valence-electron chi connectivity index (χ0n) is 12.6. The van der Waals surface area contributed by atoms with Gasteiger partial charge in [-0.15, -0.1) is 10.2 Å². The Morgan fingerprint density at radius 1 is 1.00 bits per heavy atom. The zero-order chi connectivity index (χ0) is 15.1. The van der Waals surface area contributed by atoms with Crippen LogP contribution in [0.25, 0.3) is 5.65 Å². The Bertz CT molecular complexity index is 836. The molecule has 0 N–H and O–H groups in total. The van der Waals surface area contributed by atoms with Crippen LogP contribution >= 0.6 is 11.6 Å². The van der Waals surface area contributed by atoms with Gasteiger partial charge in [0.05, 0.1) is 0 Å². The lowest BCUT2D eigenvalue weighted by molar-refractivity contribution is 0.831. The smallest absolute Gasteiger partial charge is 0.181 e. The van der Waals surface area contributed by atoms with E-state index in [2.05, 4.69) is 47.3 Å². The molecule has 2 heterocycles. The predicted molar refractivity (Wildman–Crippen MR) is 84.0 cm³/mol. The van der Waals surface area contributed by atoms with E-state index in [4.69, 9.17) is 11.6 Å². The van der Waals surface area contributed by atoms with Crippen LogP contribution in [0.5, 0.6) is 0 Å². The second-order valence-electron chi connectivity index (χ2n) is 5.49. The number of hydrogen-bond acceptors (Lipinski definition) is 3. The summed E-state index contributed by atoms with van der Waals surface area (Å²) in [5.41, 5.74) is 6.51. The van der Waals surface area contributed by atoms with Crippen molar-refractivity contribution in [3.05, 3.63) is 57.0 Å². The van der Waals surface area contributed by atoms with Crippen molar-refractivity contribution in [3.63, 3.8) is 0 Å². The van der Waals surface area contributed by atoms with Crippen LogP contribution in [-0.4, -0.2) is 19.8 Å². The quantitative estimate of drug-likeness (QED) is 0.726. The van der Waals surface area contributed by atoms with Gasteiger partial charge in [-0.25, -0.2) is 0 Å². The number of aromatic nitrogens is 4. The van der Waals surface area contributed by atoms with E-state index in [9.17, 15) is 0 Å². The van der Waals surface area contributed by atoms with Crippen LogP contribution < -0.4 is 0 Å². The lowest BCUT2D eigenvalue weighted by atomic mass is 10.0. The van der Waals surface area contributed by atoms with E-state index < -0.39 is 0 Å². The van der Waals surface area contributed by atoms with E-state index in [0.717, 1.165) is 22.6 Å². The highest BCUT2D eigenvalue weighted by molar-refractivity contribution is 6.30. The molecule has 0 aliphatic carbocycles. The van der Waals surface area contributed by atoms with Crippen LogP contribution in [0.4, 0.5) is 0 Å². The zero-order valence-corrected chi connectivity index (χ0v) is 13.4. The first kappa shape index (κ1) is 14.0. The molecule has 0 unspecified atom stereocenters. The maximum absolute atomic E-state index is 6.18. The van der Waals surface area contributed by atoms with Crippen molar-refractivity contribution in [2.75, 3.05) is 0 Å². The molecule has 0 radical (unpaired) electrons. The van der Waals surface area contributed by atoms with Gasteiger partial charge in [0.2, 0.25) is 0 Å². The van der Waals surface area contributed by atoms with Crippen LogP contribution in [-0.2, 0) is 6.42 Å². The number of nitrogens with zero attached hydrogens (tertiary/aromatic N) is 4. The normalized spacial score (nSPS) is 11.3. The fraction of sp³-hybridized carbons (Fsp3) is 0.312. The summed E-state index contributed by atoms with van der Waals surface area (Å²) in [4.78, 5) is 0. The molecular weight excluding hydrogens is 284 g/mol. The molecule has 3 aromatic rings. The fourth-order valence-corrected chi connectivity index (χ4v) is 2.56. The molecule has 0 aliphatic rings. The lowest BCUT2D eigenvalue weighted by Gasteiger charge is -2.06. The van der Waals surface area contributed by atoms with Crippen molar-refractivity contribution >= 4 is 17.2 Å². The maximum atomic E-state index is 6.18. The summed E-state index contributed by atoms with van der Waals surface area (Å²) in [6.45, 7) is 8.16. The molecule has 0 atom stereocenters. The molecule has 0 saturated carbocycles. The molecule has 4 nitrogen and oxygen atoms in total. The minimum atomic E-state index is 0.501. The highest BCUT2D eigenvalue weighted by Gasteiger charge is 2.14. The van der Waals surface area contributed by atoms with Gasteiger partial charge in [0.25, 0.3) is 0 Å². The average molecular weight is 301 g/mol. The number of halogens is 1. The molecule has 0 fully saturated rings. The molecule has 5 heteroatoms. The summed E-state index contributed by atoms with van der Waals surface area (Å²) in [5.74, 6) is 0.804. The molecule has 108 valence electrons. The molecule has 0 aliphatic heterocycles. The average Bonchev–Trinajstić information content (AvgIpc) is 2.83. The van der Waals surface area contributed by atoms with Crippen LogP contribution in [0.3, 0.4) is 0 Å². The Kier molecular flexibility index (Phi) is 3.41. The lowest BCUT2D eigenvalue weighted by Crippen LogP contribution is -2.03. The maximum Gasteiger partial charge on any atom is 0.181 e. The number of fused-ring (bicyclic) bond motifs is 1. The molecule has 0 amide bonds. The molecule has 0 saturated heterocycles. The van der Waals surface area contributed by atoms with Crippen LogP contribution in [0.1, 0.15) is 33.6 Å². The molecule has 1 aromatic carbocycles. The number of rotatable bonds is 2. The van der Waals surface area contributed by atoms with Crippen molar-refractivity contribution in [1.82, 2.24) is 19.8 Å². The van der Waals surface area contributed by atoms with Crippen molar-refractivity contribution in [3.8, 4) is 0 Å². The first-order chi connectivity index (χ1) is 9.97. The summed E-state index contributed by atoms with van der Waals surface area (Å²) >= 11 is 6.18. The summed E-state index contributed by atoms with van der Waals surface area (Å²) < 4.78 is 1.75. The Morgan fingerprint density at radius 3 is 2.48 bits per heavy atom. The van der Waals surface area contributed by atoms with E-state index >= 15 is 0 Å². The van der Waals surface area contributed by atoms with Crippen LogP contribution in [0, 0.1) is 27.7 Å². The SMILES string of the molecule is Cc1ccc(Cc2nnc3c(C)c(C)c(Cl)nn23)cc1C. The first-order valence-electron chi connectivity index (χ1n) is 6.90. The molecule has 2 aromatic heterocycles. The summed E-state index contributed by atoms with van der Waals surface area (Å²) in [6, 6.07) is 6.43. The van der Waals surface area contributed by atoms with E-state index in [0.29, 0.717) is 11.6 Å². The molecule has 3 rings (SSSR count). The highest BCUT2D eigenvalue weighted by atomic mass is 35.5. The van der Waals surface area contributed by atoms with Crippen LogP contribution in [0.15, 0.2) is 18.2 Å². The Labute approximate surface area is 128 Å². The van der Waals surface area contributed by atoms with E-state index in [1.807, 2.05) is 13.8 Å². The van der Waals surface area contributed by atoms with Gasteiger partial charge in [-0.1, -0.05) is 29.8 Å². The second kappa shape index (κ2) is 5.11. The first-order valence-corrected chi connectivity index (χ1v) is 7.28. The number of benzene rings is 1. The van der Waals surface area contributed by atoms with Gasteiger partial charge in [-0.3, -0.25) is 0 Å². The molecule has 0 bridgehead atoms. The van der Waals surface area contributed by atoms with Gasteiger partial charge in [-0.05, 0) is 49.9 Å². The minimum Gasteiger partial charge on any atom is -0.195 e. The fourth-order valence-electron chi connectivity index (χ4n) is 2.34. The molecular formula is C16H17ClN4. The topological polar surface area (TPSA) is 43.1 Å². The van der Waals surface area contributed by atoms with Crippen molar-refractivity contribution < 1.29 is 0 Å². The van der Waals surface area contributed by atoms with Gasteiger partial charge in [-0.2, -0.15) is 9.61 Å². The van der Waals surface area contributed by atoms with Gasteiger partial charge < -0.3 is 0 Å². The highest BCUT2D eigenvalue weighted by Crippen LogP contribution is 2.21. The van der Waals surface area contributed by atoms with Crippen LogP contribution in [0.2, 0.25) is 5.15 Å². The molecule has 21 heavy (non-hydrogen) atoms. The third kappa shape index (κ3) is 2.40. The van der Waals surface area contributed by atoms with Crippen molar-refractivity contribution in [2.45, 2.75) is 34.1 Å². The largest absolute Gasteiger partial charge is 0.195 e. The van der Waals surface area contributed by atoms with Gasteiger partial charge in [0.1, 0.15) is 0 Å².